The Bertz CT molecular complexity index is 938. The molecule has 1 heterocycles. The highest BCUT2D eigenvalue weighted by molar-refractivity contribution is 6.31. The van der Waals surface area contributed by atoms with Crippen LogP contribution in [-0.4, -0.2) is 22.8 Å². The Hall–Kier alpha value is -2.99. The van der Waals surface area contributed by atoms with E-state index in [0.29, 0.717) is 35.9 Å². The number of rotatable bonds is 8. The molecule has 1 amide bonds. The summed E-state index contributed by atoms with van der Waals surface area (Å²) in [6, 6.07) is 14.0. The minimum atomic E-state index is -0.201. The number of phenols is 1. The number of benzene rings is 2. The largest absolute Gasteiger partial charge is 0.506 e. The van der Waals surface area contributed by atoms with Crippen LogP contribution in [0.15, 0.2) is 53.1 Å². The highest BCUT2D eigenvalue weighted by atomic mass is 35.5. The normalized spacial score (nSPS) is 10.6. The van der Waals surface area contributed by atoms with Gasteiger partial charge >= 0.3 is 0 Å². The lowest BCUT2D eigenvalue weighted by Gasteiger charge is -2.07. The fraction of sp³-hybridized carbons (Fsp3) is 0.238. The van der Waals surface area contributed by atoms with Crippen molar-refractivity contribution in [2.75, 3.05) is 11.9 Å². The van der Waals surface area contributed by atoms with E-state index < -0.39 is 0 Å². The Morgan fingerprint density at radius 1 is 1.21 bits per heavy atom. The summed E-state index contributed by atoms with van der Waals surface area (Å²) in [6.07, 6.45) is 1.50. The lowest BCUT2D eigenvalue weighted by atomic mass is 10.1. The molecule has 0 aliphatic rings. The topological polar surface area (TPSA) is 84.6 Å². The molecule has 7 heteroatoms. The summed E-state index contributed by atoms with van der Waals surface area (Å²) in [7, 11) is 0. The van der Waals surface area contributed by atoms with Crippen molar-refractivity contribution in [3.63, 3.8) is 0 Å². The SMILES string of the molecule is CCOc1ccc(-c2cc(CCCC(=O)Nc3cc(Cl)ccc3O)no2)cc1. The molecule has 0 saturated carbocycles. The molecule has 0 radical (unpaired) electrons. The molecule has 28 heavy (non-hydrogen) atoms. The van der Waals surface area contributed by atoms with Crippen molar-refractivity contribution >= 4 is 23.2 Å². The van der Waals surface area contributed by atoms with Gasteiger partial charge in [-0.2, -0.15) is 0 Å². The predicted octanol–water partition coefficient (Wildman–Crippen LogP) is 5.06. The Balaban J connectivity index is 1.50. The van der Waals surface area contributed by atoms with E-state index in [1.165, 1.54) is 12.1 Å². The number of halogens is 1. The van der Waals surface area contributed by atoms with Crippen LogP contribution in [0, 0.1) is 0 Å². The zero-order valence-electron chi connectivity index (χ0n) is 15.4. The minimum Gasteiger partial charge on any atom is -0.506 e. The van der Waals surface area contributed by atoms with Gasteiger partial charge in [-0.3, -0.25) is 4.79 Å². The summed E-state index contributed by atoms with van der Waals surface area (Å²) < 4.78 is 10.8. The molecular weight excluding hydrogens is 380 g/mol. The second-order valence-corrected chi connectivity index (χ2v) is 6.64. The Morgan fingerprint density at radius 3 is 2.75 bits per heavy atom. The number of aromatic nitrogens is 1. The fourth-order valence-electron chi connectivity index (χ4n) is 2.70. The number of hydrogen-bond donors (Lipinski definition) is 2. The van der Waals surface area contributed by atoms with Crippen molar-refractivity contribution < 1.29 is 19.2 Å². The van der Waals surface area contributed by atoms with E-state index in [4.69, 9.17) is 20.9 Å². The van der Waals surface area contributed by atoms with E-state index in [0.717, 1.165) is 17.0 Å². The zero-order chi connectivity index (χ0) is 19.9. The summed E-state index contributed by atoms with van der Waals surface area (Å²) >= 11 is 5.87. The van der Waals surface area contributed by atoms with Crippen LogP contribution in [0.3, 0.4) is 0 Å². The van der Waals surface area contributed by atoms with Gasteiger partial charge in [-0.1, -0.05) is 16.8 Å². The van der Waals surface area contributed by atoms with E-state index >= 15 is 0 Å². The van der Waals surface area contributed by atoms with Crippen LogP contribution in [0.2, 0.25) is 5.02 Å². The minimum absolute atomic E-state index is 0.0192. The van der Waals surface area contributed by atoms with Gasteiger partial charge in [0.2, 0.25) is 5.91 Å². The van der Waals surface area contributed by atoms with Gasteiger partial charge in [0.15, 0.2) is 5.76 Å². The molecule has 6 nitrogen and oxygen atoms in total. The van der Waals surface area contributed by atoms with Crippen molar-refractivity contribution in [2.24, 2.45) is 0 Å². The first kappa shape index (κ1) is 19.8. The van der Waals surface area contributed by atoms with Gasteiger partial charge in [-0.25, -0.2) is 0 Å². The third-order valence-corrected chi connectivity index (χ3v) is 4.31. The maximum Gasteiger partial charge on any atom is 0.224 e. The molecule has 2 N–H and O–H groups in total. The number of aromatic hydroxyl groups is 1. The lowest BCUT2D eigenvalue weighted by molar-refractivity contribution is -0.116. The zero-order valence-corrected chi connectivity index (χ0v) is 16.2. The lowest BCUT2D eigenvalue weighted by Crippen LogP contribution is -2.11. The number of nitrogens with zero attached hydrogens (tertiary/aromatic N) is 1. The summed E-state index contributed by atoms with van der Waals surface area (Å²) in [5.41, 5.74) is 2.00. The molecule has 0 spiro atoms. The second-order valence-electron chi connectivity index (χ2n) is 6.20. The van der Waals surface area contributed by atoms with Gasteiger partial charge in [-0.15, -0.1) is 0 Å². The van der Waals surface area contributed by atoms with Crippen molar-refractivity contribution in [2.45, 2.75) is 26.2 Å². The molecule has 146 valence electrons. The Morgan fingerprint density at radius 2 is 2.00 bits per heavy atom. The highest BCUT2D eigenvalue weighted by Gasteiger charge is 2.10. The van der Waals surface area contributed by atoms with Crippen LogP contribution in [0.4, 0.5) is 5.69 Å². The van der Waals surface area contributed by atoms with Crippen molar-refractivity contribution in [3.8, 4) is 22.8 Å². The summed E-state index contributed by atoms with van der Waals surface area (Å²) in [5.74, 6) is 1.26. The molecule has 1 aromatic heterocycles. The van der Waals surface area contributed by atoms with Gasteiger partial charge in [0.1, 0.15) is 11.5 Å². The monoisotopic (exact) mass is 400 g/mol. The molecule has 3 aromatic rings. The standard InChI is InChI=1S/C21H21ClN2O4/c1-2-27-17-9-6-14(7-10-17)20-13-16(24-28-20)4-3-5-21(26)23-18-12-15(22)8-11-19(18)25/h6-13,25H,2-5H2,1H3,(H,23,26). The molecule has 0 fully saturated rings. The van der Waals surface area contributed by atoms with E-state index in [1.54, 1.807) is 6.07 Å². The number of anilines is 1. The molecule has 0 unspecified atom stereocenters. The number of aryl methyl sites for hydroxylation is 1. The molecule has 0 aliphatic carbocycles. The van der Waals surface area contributed by atoms with Gasteiger partial charge in [0.05, 0.1) is 18.0 Å². The Kier molecular flexibility index (Phi) is 6.55. The number of amides is 1. The van der Waals surface area contributed by atoms with Crippen LogP contribution >= 0.6 is 11.6 Å². The van der Waals surface area contributed by atoms with Crippen LogP contribution in [-0.2, 0) is 11.2 Å². The van der Waals surface area contributed by atoms with Gasteiger partial charge in [0.25, 0.3) is 0 Å². The number of carbonyl (C=O) groups is 1. The van der Waals surface area contributed by atoms with Crippen LogP contribution in [0.5, 0.6) is 11.5 Å². The van der Waals surface area contributed by atoms with Crippen LogP contribution in [0.1, 0.15) is 25.5 Å². The molecule has 0 saturated heterocycles. The molecule has 0 bridgehead atoms. The third-order valence-electron chi connectivity index (χ3n) is 4.08. The second kappa shape index (κ2) is 9.28. The highest BCUT2D eigenvalue weighted by Crippen LogP contribution is 2.27. The van der Waals surface area contributed by atoms with Crippen LogP contribution in [0.25, 0.3) is 11.3 Å². The summed E-state index contributed by atoms with van der Waals surface area (Å²) in [4.78, 5) is 12.1. The summed E-state index contributed by atoms with van der Waals surface area (Å²) in [6.45, 7) is 2.56. The number of hydrogen-bond acceptors (Lipinski definition) is 5. The predicted molar refractivity (Wildman–Crippen MR) is 108 cm³/mol. The van der Waals surface area contributed by atoms with Gasteiger partial charge in [-0.05, 0) is 62.2 Å². The first-order chi connectivity index (χ1) is 13.5. The van der Waals surface area contributed by atoms with Gasteiger partial charge in [0, 0.05) is 23.1 Å². The maximum atomic E-state index is 12.1. The van der Waals surface area contributed by atoms with E-state index in [9.17, 15) is 9.90 Å². The molecule has 2 aromatic carbocycles. The van der Waals surface area contributed by atoms with E-state index in [1.807, 2.05) is 37.3 Å². The first-order valence-electron chi connectivity index (χ1n) is 9.02. The molecular formula is C21H21ClN2O4. The summed E-state index contributed by atoms with van der Waals surface area (Å²) in [5, 5.41) is 16.9. The quantitative estimate of drug-likeness (QED) is 0.516. The number of phenolic OH excluding ortho intramolecular Hbond substituents is 1. The number of carbonyl (C=O) groups excluding carboxylic acids is 1. The van der Waals surface area contributed by atoms with Crippen molar-refractivity contribution in [1.29, 1.82) is 0 Å². The molecule has 0 atom stereocenters. The fourth-order valence-corrected chi connectivity index (χ4v) is 2.87. The average molecular weight is 401 g/mol. The first-order valence-corrected chi connectivity index (χ1v) is 9.40. The maximum absolute atomic E-state index is 12.1. The van der Waals surface area contributed by atoms with E-state index in [2.05, 4.69) is 10.5 Å². The Labute approximate surface area is 168 Å². The van der Waals surface area contributed by atoms with Crippen molar-refractivity contribution in [3.05, 3.63) is 59.2 Å². The van der Waals surface area contributed by atoms with Crippen molar-refractivity contribution in [1.82, 2.24) is 5.16 Å². The number of ether oxygens (including phenoxy) is 1. The molecule has 0 aliphatic heterocycles. The van der Waals surface area contributed by atoms with E-state index in [-0.39, 0.29) is 18.1 Å². The third kappa shape index (κ3) is 5.27. The number of nitrogens with one attached hydrogen (secondary N) is 1. The van der Waals surface area contributed by atoms with Gasteiger partial charge < -0.3 is 19.7 Å². The molecule has 3 rings (SSSR count). The average Bonchev–Trinajstić information content (AvgIpc) is 3.14. The van der Waals surface area contributed by atoms with Crippen LogP contribution < -0.4 is 10.1 Å². The smallest absolute Gasteiger partial charge is 0.224 e.